The van der Waals surface area contributed by atoms with Gasteiger partial charge in [0.05, 0.1) is 17.1 Å². The van der Waals surface area contributed by atoms with E-state index < -0.39 is 5.91 Å². The summed E-state index contributed by atoms with van der Waals surface area (Å²) in [7, 11) is 0. The average Bonchev–Trinajstić information content (AvgIpc) is 3.02. The summed E-state index contributed by atoms with van der Waals surface area (Å²) in [4.78, 5) is 24.5. The van der Waals surface area contributed by atoms with Gasteiger partial charge in [-0.2, -0.15) is 8.75 Å². The summed E-state index contributed by atoms with van der Waals surface area (Å²) in [6, 6.07) is 11.4. The Balaban J connectivity index is 1.70. The first-order valence-electron chi connectivity index (χ1n) is 6.87. The van der Waals surface area contributed by atoms with Crippen molar-refractivity contribution in [2.75, 3.05) is 5.32 Å². The SMILES string of the molecule is O=C(Nc1ccc2nsnc2c1)c1cc(=O)c2ccc(Br)cc2o1. The smallest absolute Gasteiger partial charge is 0.291 e. The normalized spacial score (nSPS) is 11.0. The van der Waals surface area contributed by atoms with Crippen LogP contribution in [0.1, 0.15) is 10.6 Å². The molecule has 118 valence electrons. The van der Waals surface area contributed by atoms with E-state index in [1.165, 1.54) is 6.07 Å². The minimum Gasteiger partial charge on any atom is -0.451 e. The molecule has 0 aliphatic rings. The topological polar surface area (TPSA) is 85.1 Å². The van der Waals surface area contributed by atoms with Crippen molar-refractivity contribution >= 4 is 61.3 Å². The Bertz CT molecular complexity index is 1150. The van der Waals surface area contributed by atoms with Crippen molar-refractivity contribution in [2.24, 2.45) is 0 Å². The van der Waals surface area contributed by atoms with Gasteiger partial charge in [0.15, 0.2) is 11.2 Å². The number of carbonyl (C=O) groups excluding carboxylic acids is 1. The van der Waals surface area contributed by atoms with Crippen LogP contribution >= 0.6 is 27.7 Å². The highest BCUT2D eigenvalue weighted by atomic mass is 79.9. The number of carbonyl (C=O) groups is 1. The van der Waals surface area contributed by atoms with Crippen molar-refractivity contribution < 1.29 is 9.21 Å². The summed E-state index contributed by atoms with van der Waals surface area (Å²) >= 11 is 4.42. The van der Waals surface area contributed by atoms with E-state index in [-0.39, 0.29) is 11.2 Å². The Morgan fingerprint density at radius 3 is 2.79 bits per heavy atom. The highest BCUT2D eigenvalue weighted by Gasteiger charge is 2.13. The standard InChI is InChI=1S/C16H8BrN3O3S/c17-8-1-3-10-13(21)7-15(23-14(10)5-8)16(22)18-9-2-4-11-12(6-9)20-24-19-11/h1-7H,(H,18,22). The minimum absolute atomic E-state index is 0.0536. The van der Waals surface area contributed by atoms with Crippen LogP contribution in [0.15, 0.2) is 56.1 Å². The maximum Gasteiger partial charge on any atom is 0.291 e. The maximum atomic E-state index is 12.4. The zero-order valence-corrected chi connectivity index (χ0v) is 14.3. The second-order valence-electron chi connectivity index (χ2n) is 5.04. The van der Waals surface area contributed by atoms with Gasteiger partial charge in [-0.15, -0.1) is 0 Å². The molecule has 0 bridgehead atoms. The van der Waals surface area contributed by atoms with Gasteiger partial charge in [0.25, 0.3) is 5.91 Å². The minimum atomic E-state index is -0.503. The van der Waals surface area contributed by atoms with Crippen LogP contribution < -0.4 is 10.7 Å². The predicted octanol–water partition coefficient (Wildman–Crippen LogP) is 3.81. The highest BCUT2D eigenvalue weighted by molar-refractivity contribution is 9.10. The lowest BCUT2D eigenvalue weighted by atomic mass is 10.2. The third-order valence-electron chi connectivity index (χ3n) is 3.43. The van der Waals surface area contributed by atoms with E-state index in [4.69, 9.17) is 4.42 Å². The lowest BCUT2D eigenvalue weighted by Gasteiger charge is -2.05. The number of hydrogen-bond acceptors (Lipinski definition) is 6. The molecular formula is C16H8BrN3O3S. The molecule has 2 aromatic heterocycles. The zero-order valence-electron chi connectivity index (χ0n) is 11.9. The molecular weight excluding hydrogens is 394 g/mol. The number of fused-ring (bicyclic) bond motifs is 2. The molecule has 0 radical (unpaired) electrons. The molecule has 0 aliphatic carbocycles. The van der Waals surface area contributed by atoms with Crippen LogP contribution in [-0.4, -0.2) is 14.7 Å². The summed E-state index contributed by atoms with van der Waals surface area (Å²) in [5, 5.41) is 3.12. The van der Waals surface area contributed by atoms with Crippen molar-refractivity contribution in [1.82, 2.24) is 8.75 Å². The summed E-state index contributed by atoms with van der Waals surface area (Å²) in [6.07, 6.45) is 0. The first-order chi connectivity index (χ1) is 11.6. The number of aromatic nitrogens is 2. The third kappa shape index (κ3) is 2.70. The van der Waals surface area contributed by atoms with E-state index in [9.17, 15) is 9.59 Å². The molecule has 0 saturated carbocycles. The van der Waals surface area contributed by atoms with E-state index in [0.717, 1.165) is 21.7 Å². The van der Waals surface area contributed by atoms with Crippen molar-refractivity contribution in [3.8, 4) is 0 Å². The second-order valence-corrected chi connectivity index (χ2v) is 6.48. The maximum absolute atomic E-state index is 12.4. The molecule has 0 unspecified atom stereocenters. The van der Waals surface area contributed by atoms with Gasteiger partial charge in [-0.25, -0.2) is 0 Å². The molecule has 0 fully saturated rings. The van der Waals surface area contributed by atoms with E-state index in [1.54, 1.807) is 36.4 Å². The lowest BCUT2D eigenvalue weighted by molar-refractivity contribution is 0.0997. The van der Waals surface area contributed by atoms with Crippen LogP contribution in [-0.2, 0) is 0 Å². The first-order valence-corrected chi connectivity index (χ1v) is 8.39. The monoisotopic (exact) mass is 401 g/mol. The van der Waals surface area contributed by atoms with Gasteiger partial charge in [-0.05, 0) is 36.4 Å². The van der Waals surface area contributed by atoms with Crippen molar-refractivity contribution in [2.45, 2.75) is 0 Å². The van der Waals surface area contributed by atoms with Crippen LogP contribution in [0.4, 0.5) is 5.69 Å². The van der Waals surface area contributed by atoms with Gasteiger partial charge >= 0.3 is 0 Å². The third-order valence-corrected chi connectivity index (χ3v) is 4.48. The number of rotatable bonds is 2. The fourth-order valence-electron chi connectivity index (χ4n) is 2.29. The van der Waals surface area contributed by atoms with Crippen LogP contribution in [0.5, 0.6) is 0 Å². The van der Waals surface area contributed by atoms with E-state index >= 15 is 0 Å². The van der Waals surface area contributed by atoms with Crippen LogP contribution in [0.25, 0.3) is 22.0 Å². The van der Waals surface area contributed by atoms with E-state index in [1.807, 2.05) is 0 Å². The molecule has 6 nitrogen and oxygen atoms in total. The quantitative estimate of drug-likeness (QED) is 0.551. The number of nitrogens with one attached hydrogen (secondary N) is 1. The second kappa shape index (κ2) is 5.81. The summed E-state index contributed by atoms with van der Waals surface area (Å²) < 4.78 is 14.6. The highest BCUT2D eigenvalue weighted by Crippen LogP contribution is 2.20. The van der Waals surface area contributed by atoms with Gasteiger partial charge in [-0.1, -0.05) is 15.9 Å². The molecule has 1 amide bonds. The van der Waals surface area contributed by atoms with Gasteiger partial charge in [0.1, 0.15) is 16.6 Å². The van der Waals surface area contributed by atoms with E-state index in [0.29, 0.717) is 22.2 Å². The molecule has 0 aliphatic heterocycles. The Kier molecular flexibility index (Phi) is 3.62. The van der Waals surface area contributed by atoms with E-state index in [2.05, 4.69) is 30.0 Å². The van der Waals surface area contributed by atoms with Gasteiger partial charge < -0.3 is 9.73 Å². The predicted molar refractivity (Wildman–Crippen MR) is 95.6 cm³/mol. The number of nitrogens with zero attached hydrogens (tertiary/aromatic N) is 2. The Morgan fingerprint density at radius 2 is 1.92 bits per heavy atom. The van der Waals surface area contributed by atoms with Crippen molar-refractivity contribution in [3.63, 3.8) is 0 Å². The fourth-order valence-corrected chi connectivity index (χ4v) is 3.15. The molecule has 24 heavy (non-hydrogen) atoms. The first kappa shape index (κ1) is 15.0. The summed E-state index contributed by atoms with van der Waals surface area (Å²) in [5.41, 5.74) is 2.09. The van der Waals surface area contributed by atoms with Gasteiger partial charge in [-0.3, -0.25) is 9.59 Å². The summed E-state index contributed by atoms with van der Waals surface area (Å²) in [5.74, 6) is -0.557. The van der Waals surface area contributed by atoms with Gasteiger partial charge in [0, 0.05) is 16.2 Å². The average molecular weight is 402 g/mol. The van der Waals surface area contributed by atoms with Crippen LogP contribution in [0.2, 0.25) is 0 Å². The number of anilines is 1. The number of amides is 1. The zero-order chi connectivity index (χ0) is 16.7. The molecule has 4 aromatic rings. The molecule has 1 N–H and O–H groups in total. The molecule has 0 spiro atoms. The number of benzene rings is 2. The molecule has 0 saturated heterocycles. The molecule has 8 heteroatoms. The Labute approximate surface area is 147 Å². The van der Waals surface area contributed by atoms with Gasteiger partial charge in [0.2, 0.25) is 0 Å². The number of hydrogen-bond donors (Lipinski definition) is 1. The Hall–Kier alpha value is -2.58. The van der Waals surface area contributed by atoms with Crippen LogP contribution in [0.3, 0.4) is 0 Å². The number of halogens is 1. The lowest BCUT2D eigenvalue weighted by Crippen LogP contribution is -2.14. The Morgan fingerprint density at radius 1 is 1.08 bits per heavy atom. The molecule has 0 atom stereocenters. The largest absolute Gasteiger partial charge is 0.451 e. The van der Waals surface area contributed by atoms with Crippen LogP contribution in [0, 0.1) is 0 Å². The fraction of sp³-hybridized carbons (Fsp3) is 0. The van der Waals surface area contributed by atoms with Crippen molar-refractivity contribution in [1.29, 1.82) is 0 Å². The summed E-state index contributed by atoms with van der Waals surface area (Å²) in [6.45, 7) is 0. The molecule has 2 heterocycles. The van der Waals surface area contributed by atoms with Crippen molar-refractivity contribution in [3.05, 3.63) is 62.9 Å². The molecule has 4 rings (SSSR count). The molecule has 2 aromatic carbocycles.